The van der Waals surface area contributed by atoms with Gasteiger partial charge in [0, 0.05) is 11.4 Å². The number of aromatic nitrogens is 2. The first kappa shape index (κ1) is 17.1. The first-order valence-electron chi connectivity index (χ1n) is 9.45. The Morgan fingerprint density at radius 3 is 2.85 bits per heavy atom. The van der Waals surface area contributed by atoms with Crippen LogP contribution in [0.3, 0.4) is 0 Å². The number of carbonyl (C=O) groups excluding carboxylic acids is 2. The van der Waals surface area contributed by atoms with Crippen molar-refractivity contribution in [3.8, 4) is 0 Å². The standard InChI is InChI=1S/C20H25N3O3/c1-11(17-8-13-3-4-14(17)7-13)22-19(24)12(2)26-20(25)15-5-6-16-10-21-23-18(16)9-15/h5-6,9-14,17H,3-4,7-8H2,1-2H3,(H,21,23)(H,22,24)/t11-,12-,13-,14-,17-/m0/s1. The monoisotopic (exact) mass is 355 g/mol. The van der Waals surface area contributed by atoms with Gasteiger partial charge < -0.3 is 10.1 Å². The van der Waals surface area contributed by atoms with Gasteiger partial charge in [-0.2, -0.15) is 5.10 Å². The lowest BCUT2D eigenvalue weighted by Crippen LogP contribution is -2.45. The molecular weight excluding hydrogens is 330 g/mol. The van der Waals surface area contributed by atoms with Crippen LogP contribution in [0.5, 0.6) is 0 Å². The highest BCUT2D eigenvalue weighted by Gasteiger charge is 2.42. The predicted octanol–water partition coefficient (Wildman–Crippen LogP) is 3.05. The molecule has 2 fully saturated rings. The van der Waals surface area contributed by atoms with E-state index in [9.17, 15) is 9.59 Å². The molecule has 6 nitrogen and oxygen atoms in total. The minimum atomic E-state index is -0.819. The fourth-order valence-electron chi connectivity index (χ4n) is 4.70. The Hall–Kier alpha value is -2.37. The summed E-state index contributed by atoms with van der Waals surface area (Å²) in [6.45, 7) is 3.69. The van der Waals surface area contributed by atoms with E-state index in [0.717, 1.165) is 22.7 Å². The number of nitrogens with zero attached hydrogens (tertiary/aromatic N) is 1. The summed E-state index contributed by atoms with van der Waals surface area (Å²) in [6.07, 6.45) is 6.03. The number of aromatic amines is 1. The van der Waals surface area contributed by atoms with Crippen LogP contribution in [0, 0.1) is 17.8 Å². The number of esters is 1. The molecule has 1 heterocycles. The van der Waals surface area contributed by atoms with Gasteiger partial charge in [-0.05, 0) is 63.0 Å². The van der Waals surface area contributed by atoms with Crippen LogP contribution >= 0.6 is 0 Å². The zero-order valence-corrected chi connectivity index (χ0v) is 15.2. The van der Waals surface area contributed by atoms with E-state index in [1.54, 1.807) is 31.3 Å². The molecule has 1 amide bonds. The van der Waals surface area contributed by atoms with Gasteiger partial charge in [0.15, 0.2) is 6.10 Å². The third kappa shape index (κ3) is 3.20. The number of H-pyrrole nitrogens is 1. The summed E-state index contributed by atoms with van der Waals surface area (Å²) < 4.78 is 5.36. The number of fused-ring (bicyclic) bond motifs is 3. The molecule has 5 atom stereocenters. The van der Waals surface area contributed by atoms with Crippen LogP contribution in [-0.4, -0.2) is 34.2 Å². The summed E-state index contributed by atoms with van der Waals surface area (Å²) in [7, 11) is 0. The summed E-state index contributed by atoms with van der Waals surface area (Å²) in [6, 6.07) is 5.30. The van der Waals surface area contributed by atoms with Crippen molar-refractivity contribution in [2.24, 2.45) is 17.8 Å². The van der Waals surface area contributed by atoms with Crippen molar-refractivity contribution in [2.45, 2.75) is 51.7 Å². The summed E-state index contributed by atoms with van der Waals surface area (Å²) in [4.78, 5) is 24.8. The van der Waals surface area contributed by atoms with E-state index in [1.807, 2.05) is 0 Å². The molecule has 2 aliphatic carbocycles. The number of amides is 1. The number of nitrogens with one attached hydrogen (secondary N) is 2. The van der Waals surface area contributed by atoms with Crippen LogP contribution in [0.15, 0.2) is 24.4 Å². The number of rotatable bonds is 5. The summed E-state index contributed by atoms with van der Waals surface area (Å²) in [5.41, 5.74) is 1.17. The molecular formula is C20H25N3O3. The lowest BCUT2D eigenvalue weighted by Gasteiger charge is -2.29. The van der Waals surface area contributed by atoms with Crippen LogP contribution in [0.25, 0.3) is 10.9 Å². The maximum Gasteiger partial charge on any atom is 0.338 e. The van der Waals surface area contributed by atoms with Crippen molar-refractivity contribution < 1.29 is 14.3 Å². The normalized spacial score (nSPS) is 26.6. The Balaban J connectivity index is 1.33. The van der Waals surface area contributed by atoms with Gasteiger partial charge >= 0.3 is 5.97 Å². The maximum absolute atomic E-state index is 12.4. The molecule has 26 heavy (non-hydrogen) atoms. The van der Waals surface area contributed by atoms with Gasteiger partial charge in [0.25, 0.3) is 5.91 Å². The molecule has 0 saturated heterocycles. The van der Waals surface area contributed by atoms with Gasteiger partial charge in [0.2, 0.25) is 0 Å². The van der Waals surface area contributed by atoms with Gasteiger partial charge in [0.05, 0.1) is 17.3 Å². The number of ether oxygens (including phenoxy) is 1. The molecule has 2 N–H and O–H groups in total. The fraction of sp³-hybridized carbons (Fsp3) is 0.550. The van der Waals surface area contributed by atoms with Crippen molar-refractivity contribution >= 4 is 22.8 Å². The molecule has 138 valence electrons. The van der Waals surface area contributed by atoms with Gasteiger partial charge in [0.1, 0.15) is 0 Å². The van der Waals surface area contributed by atoms with E-state index in [0.29, 0.717) is 11.5 Å². The highest BCUT2D eigenvalue weighted by molar-refractivity contribution is 5.95. The Kier molecular flexibility index (Phi) is 4.42. The molecule has 1 aromatic heterocycles. The van der Waals surface area contributed by atoms with Crippen molar-refractivity contribution in [3.63, 3.8) is 0 Å². The number of hydrogen-bond acceptors (Lipinski definition) is 4. The molecule has 4 rings (SSSR count). The van der Waals surface area contributed by atoms with Crippen molar-refractivity contribution in [2.75, 3.05) is 0 Å². The molecule has 0 unspecified atom stereocenters. The van der Waals surface area contributed by atoms with E-state index in [1.165, 1.54) is 25.7 Å². The largest absolute Gasteiger partial charge is 0.449 e. The molecule has 0 spiro atoms. The third-order valence-electron chi connectivity index (χ3n) is 6.14. The van der Waals surface area contributed by atoms with E-state index >= 15 is 0 Å². The fourth-order valence-corrected chi connectivity index (χ4v) is 4.70. The molecule has 0 radical (unpaired) electrons. The molecule has 6 heteroatoms. The zero-order chi connectivity index (χ0) is 18.3. The molecule has 1 aromatic carbocycles. The lowest BCUT2D eigenvalue weighted by molar-refractivity contribution is -0.130. The van der Waals surface area contributed by atoms with Crippen LogP contribution in [0.2, 0.25) is 0 Å². The van der Waals surface area contributed by atoms with E-state index in [-0.39, 0.29) is 11.9 Å². The maximum atomic E-state index is 12.4. The van der Waals surface area contributed by atoms with Crippen LogP contribution in [-0.2, 0) is 9.53 Å². The summed E-state index contributed by atoms with van der Waals surface area (Å²) >= 11 is 0. The lowest BCUT2D eigenvalue weighted by atomic mass is 9.84. The third-order valence-corrected chi connectivity index (χ3v) is 6.14. The Morgan fingerprint density at radius 1 is 1.27 bits per heavy atom. The number of benzene rings is 1. The average Bonchev–Trinajstić information content (AvgIpc) is 3.36. The second-order valence-corrected chi connectivity index (χ2v) is 7.86. The van der Waals surface area contributed by atoms with Crippen molar-refractivity contribution in [3.05, 3.63) is 30.0 Å². The van der Waals surface area contributed by atoms with Crippen molar-refractivity contribution in [1.82, 2.24) is 15.5 Å². The van der Waals surface area contributed by atoms with E-state index in [4.69, 9.17) is 4.74 Å². The second kappa shape index (κ2) is 6.74. The zero-order valence-electron chi connectivity index (χ0n) is 15.2. The van der Waals surface area contributed by atoms with Crippen LogP contribution in [0.1, 0.15) is 49.9 Å². The first-order chi connectivity index (χ1) is 12.5. The quantitative estimate of drug-likeness (QED) is 0.808. The number of hydrogen-bond donors (Lipinski definition) is 2. The molecule has 2 aromatic rings. The van der Waals surface area contributed by atoms with Gasteiger partial charge in [-0.1, -0.05) is 12.5 Å². The SMILES string of the molecule is C[C@H](OC(=O)c1ccc2cn[nH]c2c1)C(=O)N[C@@H](C)[C@@H]1C[C@H]2CC[C@H]1C2. The second-order valence-electron chi connectivity index (χ2n) is 7.86. The predicted molar refractivity (Wildman–Crippen MR) is 97.5 cm³/mol. The highest BCUT2D eigenvalue weighted by atomic mass is 16.5. The van der Waals surface area contributed by atoms with Gasteiger partial charge in [-0.3, -0.25) is 9.89 Å². The Morgan fingerprint density at radius 2 is 2.12 bits per heavy atom. The summed E-state index contributed by atoms with van der Waals surface area (Å²) in [5, 5.41) is 10.7. The molecule has 2 bridgehead atoms. The van der Waals surface area contributed by atoms with E-state index in [2.05, 4.69) is 22.4 Å². The Labute approximate surface area is 152 Å². The Bertz CT molecular complexity index is 831. The smallest absolute Gasteiger partial charge is 0.338 e. The molecule has 2 aliphatic rings. The topological polar surface area (TPSA) is 84.1 Å². The van der Waals surface area contributed by atoms with Crippen molar-refractivity contribution in [1.29, 1.82) is 0 Å². The minimum absolute atomic E-state index is 0.125. The van der Waals surface area contributed by atoms with Crippen LogP contribution in [0.4, 0.5) is 0 Å². The summed E-state index contributed by atoms with van der Waals surface area (Å²) in [5.74, 6) is 1.42. The van der Waals surface area contributed by atoms with Gasteiger partial charge in [-0.15, -0.1) is 0 Å². The first-order valence-corrected chi connectivity index (χ1v) is 9.45. The van der Waals surface area contributed by atoms with E-state index < -0.39 is 12.1 Å². The molecule has 0 aliphatic heterocycles. The number of carbonyl (C=O) groups is 2. The molecule has 2 saturated carbocycles. The minimum Gasteiger partial charge on any atom is -0.449 e. The average molecular weight is 355 g/mol. The van der Waals surface area contributed by atoms with Gasteiger partial charge in [-0.25, -0.2) is 4.79 Å². The highest BCUT2D eigenvalue weighted by Crippen LogP contribution is 2.49. The van der Waals surface area contributed by atoms with Crippen LogP contribution < -0.4 is 5.32 Å².